The lowest BCUT2D eigenvalue weighted by molar-refractivity contribution is 0.0935. The first-order valence-corrected chi connectivity index (χ1v) is 9.17. The van der Waals surface area contributed by atoms with Gasteiger partial charge in [-0.3, -0.25) is 9.59 Å². The van der Waals surface area contributed by atoms with E-state index in [0.29, 0.717) is 17.5 Å². The second kappa shape index (κ2) is 6.17. The van der Waals surface area contributed by atoms with Crippen LogP contribution in [0.25, 0.3) is 0 Å². The average Bonchev–Trinajstić information content (AvgIpc) is 2.98. The maximum absolute atomic E-state index is 12.9. The van der Waals surface area contributed by atoms with Crippen molar-refractivity contribution >= 4 is 27.6 Å². The fraction of sp³-hybridized carbons (Fsp3) is 0.300. The minimum absolute atomic E-state index is 0.0580. The lowest BCUT2D eigenvalue weighted by Gasteiger charge is -2.20. The van der Waals surface area contributed by atoms with Crippen LogP contribution in [0.4, 0.5) is 0 Å². The molecule has 0 radical (unpaired) electrons. The Hall–Kier alpha value is -1.94. The van der Waals surface area contributed by atoms with Crippen LogP contribution in [-0.4, -0.2) is 11.7 Å². The van der Waals surface area contributed by atoms with E-state index in [-0.39, 0.29) is 17.7 Å². The Kier molecular flexibility index (Phi) is 4.01. The van der Waals surface area contributed by atoms with Crippen molar-refractivity contribution in [3.05, 3.63) is 68.7 Å². The van der Waals surface area contributed by atoms with Crippen molar-refractivity contribution in [1.29, 1.82) is 0 Å². The van der Waals surface area contributed by atoms with Crippen molar-refractivity contribution < 1.29 is 9.59 Å². The minimum atomic E-state index is -0.0797. The van der Waals surface area contributed by atoms with E-state index < -0.39 is 0 Å². The first kappa shape index (κ1) is 15.6. The molecular formula is C20H18BrNO2. The van der Waals surface area contributed by atoms with Crippen LogP contribution in [0.5, 0.6) is 0 Å². The monoisotopic (exact) mass is 383 g/mol. The van der Waals surface area contributed by atoms with Gasteiger partial charge in [0.1, 0.15) is 0 Å². The van der Waals surface area contributed by atoms with Crippen LogP contribution in [0.15, 0.2) is 40.9 Å². The maximum Gasteiger partial charge on any atom is 0.252 e. The third-order valence-electron chi connectivity index (χ3n) is 5.03. The van der Waals surface area contributed by atoms with Crippen molar-refractivity contribution in [2.45, 2.75) is 38.1 Å². The number of Topliss-reactive ketones (excluding diaryl/α,β-unsaturated/α-hetero) is 1. The van der Waals surface area contributed by atoms with Gasteiger partial charge in [-0.25, -0.2) is 0 Å². The number of ketones is 1. The van der Waals surface area contributed by atoms with Gasteiger partial charge in [-0.2, -0.15) is 0 Å². The number of halogens is 1. The number of hydrogen-bond donors (Lipinski definition) is 1. The van der Waals surface area contributed by atoms with E-state index in [1.54, 1.807) is 0 Å². The highest BCUT2D eigenvalue weighted by atomic mass is 79.9. The SMILES string of the molecule is O=C1CCCc2c1cc(Br)cc2C(=O)NC1CCc2ccccc21. The van der Waals surface area contributed by atoms with E-state index in [1.165, 1.54) is 11.1 Å². The fourth-order valence-corrected chi connectivity index (χ4v) is 4.32. The van der Waals surface area contributed by atoms with Crippen LogP contribution in [-0.2, 0) is 12.8 Å². The third kappa shape index (κ3) is 2.69. The number of rotatable bonds is 2. The minimum Gasteiger partial charge on any atom is -0.345 e. The zero-order chi connectivity index (χ0) is 16.7. The van der Waals surface area contributed by atoms with Crippen LogP contribution in [0.1, 0.15) is 62.7 Å². The molecule has 24 heavy (non-hydrogen) atoms. The molecule has 0 heterocycles. The van der Waals surface area contributed by atoms with Crippen LogP contribution in [0, 0.1) is 0 Å². The predicted octanol–water partition coefficient (Wildman–Crippen LogP) is 4.39. The van der Waals surface area contributed by atoms with Crippen LogP contribution in [0.2, 0.25) is 0 Å². The summed E-state index contributed by atoms with van der Waals surface area (Å²) in [7, 11) is 0. The molecule has 1 amide bonds. The molecule has 1 unspecified atom stereocenters. The Morgan fingerprint density at radius 2 is 1.96 bits per heavy atom. The number of fused-ring (bicyclic) bond motifs is 2. The van der Waals surface area contributed by atoms with Crippen molar-refractivity contribution in [3.8, 4) is 0 Å². The van der Waals surface area contributed by atoms with Gasteiger partial charge in [0, 0.05) is 22.0 Å². The molecule has 3 nitrogen and oxygen atoms in total. The van der Waals surface area contributed by atoms with Gasteiger partial charge in [0.05, 0.1) is 6.04 Å². The number of amides is 1. The Morgan fingerprint density at radius 3 is 2.83 bits per heavy atom. The molecule has 0 fully saturated rings. The maximum atomic E-state index is 12.9. The summed E-state index contributed by atoms with van der Waals surface area (Å²) < 4.78 is 0.786. The van der Waals surface area contributed by atoms with Gasteiger partial charge in [0.2, 0.25) is 0 Å². The van der Waals surface area contributed by atoms with Gasteiger partial charge in [-0.1, -0.05) is 40.2 Å². The molecule has 2 aliphatic carbocycles. The normalized spacial score (nSPS) is 18.9. The molecule has 1 N–H and O–H groups in total. The molecule has 2 aromatic carbocycles. The van der Waals surface area contributed by atoms with E-state index in [2.05, 4.69) is 33.4 Å². The summed E-state index contributed by atoms with van der Waals surface area (Å²) in [5, 5.41) is 3.17. The first-order chi connectivity index (χ1) is 11.6. The van der Waals surface area contributed by atoms with Gasteiger partial charge in [-0.15, -0.1) is 0 Å². The fourth-order valence-electron chi connectivity index (χ4n) is 3.86. The van der Waals surface area contributed by atoms with Crippen LogP contribution < -0.4 is 5.32 Å². The summed E-state index contributed by atoms with van der Waals surface area (Å²) in [5.74, 6) is 0.0572. The van der Waals surface area contributed by atoms with Crippen molar-refractivity contribution in [1.82, 2.24) is 5.32 Å². The molecule has 2 aromatic rings. The number of hydrogen-bond acceptors (Lipinski definition) is 2. The molecule has 2 aliphatic rings. The van der Waals surface area contributed by atoms with E-state index in [0.717, 1.165) is 35.7 Å². The Morgan fingerprint density at radius 1 is 1.12 bits per heavy atom. The van der Waals surface area contributed by atoms with Crippen molar-refractivity contribution in [2.24, 2.45) is 0 Å². The predicted molar refractivity (Wildman–Crippen MR) is 96.4 cm³/mol. The topological polar surface area (TPSA) is 46.2 Å². The van der Waals surface area contributed by atoms with E-state index in [4.69, 9.17) is 0 Å². The molecule has 0 aromatic heterocycles. The number of carbonyl (C=O) groups excluding carboxylic acids is 2. The van der Waals surface area contributed by atoms with Gasteiger partial charge >= 0.3 is 0 Å². The highest BCUT2D eigenvalue weighted by Gasteiger charge is 2.27. The van der Waals surface area contributed by atoms with Crippen molar-refractivity contribution in [2.75, 3.05) is 0 Å². The summed E-state index contributed by atoms with van der Waals surface area (Å²) in [6.45, 7) is 0. The number of carbonyl (C=O) groups is 2. The molecular weight excluding hydrogens is 366 g/mol. The summed E-state index contributed by atoms with van der Waals surface area (Å²) in [6.07, 6.45) is 4.11. The Balaban J connectivity index is 1.65. The summed E-state index contributed by atoms with van der Waals surface area (Å²) in [6, 6.07) is 12.0. The second-order valence-electron chi connectivity index (χ2n) is 6.52. The smallest absolute Gasteiger partial charge is 0.252 e. The van der Waals surface area contributed by atoms with Crippen LogP contribution in [0.3, 0.4) is 0 Å². The van der Waals surface area contributed by atoms with Crippen molar-refractivity contribution in [3.63, 3.8) is 0 Å². The molecule has 0 saturated carbocycles. The van der Waals surface area contributed by atoms with Crippen LogP contribution >= 0.6 is 15.9 Å². The second-order valence-corrected chi connectivity index (χ2v) is 7.44. The number of aryl methyl sites for hydroxylation is 1. The first-order valence-electron chi connectivity index (χ1n) is 8.38. The summed E-state index contributed by atoms with van der Waals surface area (Å²) >= 11 is 3.44. The van der Waals surface area contributed by atoms with E-state index >= 15 is 0 Å². The zero-order valence-electron chi connectivity index (χ0n) is 13.3. The molecule has 0 bridgehead atoms. The zero-order valence-corrected chi connectivity index (χ0v) is 14.9. The number of nitrogens with one attached hydrogen (secondary N) is 1. The van der Waals surface area contributed by atoms with E-state index in [1.807, 2.05) is 24.3 Å². The standard InChI is InChI=1S/C20H18BrNO2/c21-13-10-16-15(6-3-7-19(16)23)17(11-13)20(24)22-18-9-8-12-4-1-2-5-14(12)18/h1-2,4-5,10-11,18H,3,6-9H2,(H,22,24). The average molecular weight is 384 g/mol. The number of benzene rings is 2. The highest BCUT2D eigenvalue weighted by molar-refractivity contribution is 9.10. The van der Waals surface area contributed by atoms with E-state index in [9.17, 15) is 9.59 Å². The van der Waals surface area contributed by atoms with Gasteiger partial charge in [0.25, 0.3) is 5.91 Å². The largest absolute Gasteiger partial charge is 0.345 e. The quantitative estimate of drug-likeness (QED) is 0.835. The molecule has 4 rings (SSSR count). The summed E-state index contributed by atoms with van der Waals surface area (Å²) in [4.78, 5) is 25.1. The van der Waals surface area contributed by atoms with Gasteiger partial charge in [-0.05, 0) is 54.5 Å². The molecule has 1 atom stereocenters. The highest BCUT2D eigenvalue weighted by Crippen LogP contribution is 2.32. The molecule has 0 saturated heterocycles. The Bertz CT molecular complexity index is 844. The molecule has 0 spiro atoms. The molecule has 4 heteroatoms. The Labute approximate surface area is 149 Å². The van der Waals surface area contributed by atoms with Gasteiger partial charge in [0.15, 0.2) is 5.78 Å². The molecule has 122 valence electrons. The third-order valence-corrected chi connectivity index (χ3v) is 5.49. The molecule has 0 aliphatic heterocycles. The van der Waals surface area contributed by atoms with Gasteiger partial charge < -0.3 is 5.32 Å². The summed E-state index contributed by atoms with van der Waals surface area (Å²) in [5.41, 5.74) is 4.77. The lowest BCUT2D eigenvalue weighted by atomic mass is 9.87. The lowest BCUT2D eigenvalue weighted by Crippen LogP contribution is -2.29.